The number of aliphatic hydroxyl groups excluding tert-OH is 1. The largest absolute Gasteiger partial charge is 0.495 e. The Hall–Kier alpha value is -0.480. The van der Waals surface area contributed by atoms with Crippen molar-refractivity contribution in [3.05, 3.63) is 27.7 Å². The standard InChI is InChI=1S/C10H13Cl2NO2/c1-15-10-4-8(11)6(3-9(10)12)2-7(13)5-14/h3-4,7,14H,2,5,13H2,1H3. The van der Waals surface area contributed by atoms with Gasteiger partial charge in [-0.2, -0.15) is 0 Å². The van der Waals surface area contributed by atoms with E-state index in [1.165, 1.54) is 7.11 Å². The summed E-state index contributed by atoms with van der Waals surface area (Å²) in [5.41, 5.74) is 6.42. The highest BCUT2D eigenvalue weighted by molar-refractivity contribution is 6.34. The number of halogens is 2. The maximum Gasteiger partial charge on any atom is 0.138 e. The van der Waals surface area contributed by atoms with Crippen LogP contribution in [0.5, 0.6) is 5.75 Å². The quantitative estimate of drug-likeness (QED) is 0.857. The molecule has 0 aliphatic carbocycles. The lowest BCUT2D eigenvalue weighted by Gasteiger charge is -2.12. The molecule has 0 saturated heterocycles. The first-order valence-corrected chi connectivity index (χ1v) is 5.22. The smallest absolute Gasteiger partial charge is 0.138 e. The summed E-state index contributed by atoms with van der Waals surface area (Å²) in [4.78, 5) is 0. The molecule has 0 saturated carbocycles. The van der Waals surface area contributed by atoms with Gasteiger partial charge in [0.15, 0.2) is 0 Å². The van der Waals surface area contributed by atoms with Crippen LogP contribution >= 0.6 is 23.2 Å². The molecule has 0 bridgehead atoms. The molecule has 0 amide bonds. The van der Waals surface area contributed by atoms with Gasteiger partial charge in [0.2, 0.25) is 0 Å². The van der Waals surface area contributed by atoms with Gasteiger partial charge >= 0.3 is 0 Å². The van der Waals surface area contributed by atoms with E-state index in [9.17, 15) is 0 Å². The van der Waals surface area contributed by atoms with Gasteiger partial charge in [0, 0.05) is 17.1 Å². The third-order valence-electron chi connectivity index (χ3n) is 2.04. The molecule has 0 fully saturated rings. The third-order valence-corrected chi connectivity index (χ3v) is 2.68. The molecule has 0 spiro atoms. The van der Waals surface area contributed by atoms with E-state index in [4.69, 9.17) is 38.8 Å². The van der Waals surface area contributed by atoms with E-state index in [0.29, 0.717) is 22.2 Å². The molecule has 84 valence electrons. The molecule has 0 aliphatic heterocycles. The SMILES string of the molecule is COc1cc(Cl)c(CC(N)CO)cc1Cl. The number of methoxy groups -OCH3 is 1. The summed E-state index contributed by atoms with van der Waals surface area (Å²) in [5.74, 6) is 0.531. The summed E-state index contributed by atoms with van der Waals surface area (Å²) < 4.78 is 5.02. The van der Waals surface area contributed by atoms with Gasteiger partial charge in [0.05, 0.1) is 18.7 Å². The lowest BCUT2D eigenvalue weighted by molar-refractivity contribution is 0.265. The highest BCUT2D eigenvalue weighted by atomic mass is 35.5. The number of nitrogens with two attached hydrogens (primary N) is 1. The fraction of sp³-hybridized carbons (Fsp3) is 0.400. The van der Waals surface area contributed by atoms with E-state index in [2.05, 4.69) is 0 Å². The molecular weight excluding hydrogens is 237 g/mol. The van der Waals surface area contributed by atoms with Gasteiger partial charge in [-0.3, -0.25) is 0 Å². The lowest BCUT2D eigenvalue weighted by atomic mass is 10.1. The Morgan fingerprint density at radius 1 is 1.40 bits per heavy atom. The average molecular weight is 250 g/mol. The summed E-state index contributed by atoms with van der Waals surface area (Å²) in [6.45, 7) is -0.0834. The Morgan fingerprint density at radius 2 is 2.07 bits per heavy atom. The van der Waals surface area contributed by atoms with E-state index in [0.717, 1.165) is 5.56 Å². The van der Waals surface area contributed by atoms with Crippen LogP contribution in [0, 0.1) is 0 Å². The maximum atomic E-state index is 8.83. The van der Waals surface area contributed by atoms with Crippen LogP contribution in [0.25, 0.3) is 0 Å². The first kappa shape index (κ1) is 12.6. The Kier molecular flexibility index (Phi) is 4.67. The Labute approximate surface area is 98.7 Å². The minimum absolute atomic E-state index is 0.0834. The highest BCUT2D eigenvalue weighted by Crippen LogP contribution is 2.31. The van der Waals surface area contributed by atoms with Crippen LogP contribution in [-0.4, -0.2) is 24.9 Å². The Balaban J connectivity index is 2.95. The molecule has 0 radical (unpaired) electrons. The molecule has 1 aromatic carbocycles. The number of hydrogen-bond donors (Lipinski definition) is 2. The van der Waals surface area contributed by atoms with Gasteiger partial charge in [-0.25, -0.2) is 0 Å². The maximum absolute atomic E-state index is 8.83. The fourth-order valence-corrected chi connectivity index (χ4v) is 1.72. The summed E-state index contributed by atoms with van der Waals surface area (Å²) in [7, 11) is 1.52. The molecule has 1 atom stereocenters. The second-order valence-electron chi connectivity index (χ2n) is 3.22. The molecule has 0 heterocycles. The summed E-state index contributed by atoms with van der Waals surface area (Å²) in [5, 5.41) is 9.86. The van der Waals surface area contributed by atoms with Crippen LogP contribution in [0.4, 0.5) is 0 Å². The van der Waals surface area contributed by atoms with Gasteiger partial charge in [-0.1, -0.05) is 23.2 Å². The van der Waals surface area contributed by atoms with Gasteiger partial charge in [0.1, 0.15) is 5.75 Å². The second kappa shape index (κ2) is 5.56. The Morgan fingerprint density at radius 3 is 2.60 bits per heavy atom. The molecule has 5 heteroatoms. The van der Waals surface area contributed by atoms with Crippen molar-refractivity contribution < 1.29 is 9.84 Å². The van der Waals surface area contributed by atoms with Crippen LogP contribution in [0.1, 0.15) is 5.56 Å². The van der Waals surface area contributed by atoms with Crippen molar-refractivity contribution in [1.29, 1.82) is 0 Å². The first-order chi connectivity index (χ1) is 7.08. The average Bonchev–Trinajstić information content (AvgIpc) is 2.22. The molecule has 1 aromatic rings. The van der Waals surface area contributed by atoms with Crippen LogP contribution < -0.4 is 10.5 Å². The molecular formula is C10H13Cl2NO2. The van der Waals surface area contributed by atoms with E-state index in [-0.39, 0.29) is 12.6 Å². The first-order valence-electron chi connectivity index (χ1n) is 4.46. The van der Waals surface area contributed by atoms with Gasteiger partial charge in [-0.05, 0) is 18.1 Å². The predicted molar refractivity (Wildman–Crippen MR) is 61.8 cm³/mol. The van der Waals surface area contributed by atoms with Crippen LogP contribution in [0.3, 0.4) is 0 Å². The molecule has 3 nitrogen and oxygen atoms in total. The topological polar surface area (TPSA) is 55.5 Å². The van der Waals surface area contributed by atoms with Crippen LogP contribution in [0.15, 0.2) is 12.1 Å². The normalized spacial score (nSPS) is 12.6. The van der Waals surface area contributed by atoms with E-state index >= 15 is 0 Å². The van der Waals surface area contributed by atoms with Gasteiger partial charge in [0.25, 0.3) is 0 Å². The minimum Gasteiger partial charge on any atom is -0.495 e. The van der Waals surface area contributed by atoms with Crippen molar-refractivity contribution >= 4 is 23.2 Å². The minimum atomic E-state index is -0.327. The zero-order chi connectivity index (χ0) is 11.4. The zero-order valence-electron chi connectivity index (χ0n) is 8.34. The van der Waals surface area contributed by atoms with Crippen LogP contribution in [0.2, 0.25) is 10.0 Å². The van der Waals surface area contributed by atoms with Crippen molar-refractivity contribution in [3.8, 4) is 5.75 Å². The molecule has 15 heavy (non-hydrogen) atoms. The lowest BCUT2D eigenvalue weighted by Crippen LogP contribution is -2.26. The van der Waals surface area contributed by atoms with Crippen LogP contribution in [-0.2, 0) is 6.42 Å². The van der Waals surface area contributed by atoms with Gasteiger partial charge in [-0.15, -0.1) is 0 Å². The predicted octanol–water partition coefficient (Wildman–Crippen LogP) is 1.86. The summed E-state index contributed by atoms with van der Waals surface area (Å²) >= 11 is 11.9. The van der Waals surface area contributed by atoms with E-state index in [1.54, 1.807) is 12.1 Å². The molecule has 1 unspecified atom stereocenters. The molecule has 3 N–H and O–H groups in total. The molecule has 1 rings (SSSR count). The second-order valence-corrected chi connectivity index (χ2v) is 4.04. The van der Waals surface area contributed by atoms with Crippen molar-refractivity contribution in [2.24, 2.45) is 5.73 Å². The number of rotatable bonds is 4. The highest BCUT2D eigenvalue weighted by Gasteiger charge is 2.10. The molecule has 0 aromatic heterocycles. The molecule has 0 aliphatic rings. The van der Waals surface area contributed by atoms with Gasteiger partial charge < -0.3 is 15.6 Å². The third kappa shape index (κ3) is 3.24. The van der Waals surface area contributed by atoms with Crippen molar-refractivity contribution in [2.75, 3.05) is 13.7 Å². The number of benzene rings is 1. The summed E-state index contributed by atoms with van der Waals surface area (Å²) in [6, 6.07) is 3.02. The van der Waals surface area contributed by atoms with Crippen molar-refractivity contribution in [1.82, 2.24) is 0 Å². The number of ether oxygens (including phenoxy) is 1. The van der Waals surface area contributed by atoms with Crippen molar-refractivity contribution in [2.45, 2.75) is 12.5 Å². The monoisotopic (exact) mass is 249 g/mol. The zero-order valence-corrected chi connectivity index (χ0v) is 9.85. The van der Waals surface area contributed by atoms with E-state index < -0.39 is 0 Å². The van der Waals surface area contributed by atoms with E-state index in [1.807, 2.05) is 0 Å². The fourth-order valence-electron chi connectivity index (χ4n) is 1.23. The number of aliphatic hydroxyl groups is 1. The number of hydrogen-bond acceptors (Lipinski definition) is 3. The van der Waals surface area contributed by atoms with Crippen molar-refractivity contribution in [3.63, 3.8) is 0 Å². The Bertz CT molecular complexity index is 344. The summed E-state index contributed by atoms with van der Waals surface area (Å²) in [6.07, 6.45) is 0.485.